The summed E-state index contributed by atoms with van der Waals surface area (Å²) in [7, 11) is 1.56. The predicted molar refractivity (Wildman–Crippen MR) is 107 cm³/mol. The molecule has 8 heteroatoms. The zero-order chi connectivity index (χ0) is 21.5. The number of benzene rings is 2. The number of nitrogens with zero attached hydrogens (tertiary/aromatic N) is 1. The van der Waals surface area contributed by atoms with Gasteiger partial charge in [-0.05, 0) is 36.2 Å². The van der Waals surface area contributed by atoms with E-state index in [4.69, 9.17) is 9.47 Å². The number of hydrogen-bond donors (Lipinski definition) is 1. The van der Waals surface area contributed by atoms with E-state index in [2.05, 4.69) is 5.32 Å². The van der Waals surface area contributed by atoms with Crippen LogP contribution in [0.4, 0.5) is 0 Å². The third-order valence-corrected chi connectivity index (χ3v) is 4.63. The van der Waals surface area contributed by atoms with Crippen LogP contribution in [0, 0.1) is 0 Å². The Morgan fingerprint density at radius 1 is 1.00 bits per heavy atom. The van der Waals surface area contributed by atoms with Crippen LogP contribution in [0.15, 0.2) is 48.5 Å². The largest absolute Gasteiger partial charge is 0.497 e. The fourth-order valence-corrected chi connectivity index (χ4v) is 3.08. The number of carbonyl (C=O) groups is 4. The molecule has 0 aromatic heterocycles. The molecule has 0 aliphatic carbocycles. The molecule has 1 N–H and O–H groups in total. The highest BCUT2D eigenvalue weighted by molar-refractivity contribution is 6.21. The Balaban J connectivity index is 1.36. The Hall–Kier alpha value is -3.68. The first-order chi connectivity index (χ1) is 14.5. The lowest BCUT2D eigenvalue weighted by molar-refractivity contribution is -0.148. The minimum Gasteiger partial charge on any atom is -0.497 e. The van der Waals surface area contributed by atoms with E-state index in [0.29, 0.717) is 16.9 Å². The normalized spacial score (nSPS) is 12.5. The van der Waals surface area contributed by atoms with Crippen molar-refractivity contribution in [1.82, 2.24) is 10.2 Å². The van der Waals surface area contributed by atoms with Crippen LogP contribution in [-0.4, -0.2) is 48.9 Å². The van der Waals surface area contributed by atoms with E-state index in [0.717, 1.165) is 10.5 Å². The molecule has 1 aliphatic rings. The Morgan fingerprint density at radius 2 is 1.70 bits per heavy atom. The van der Waals surface area contributed by atoms with Gasteiger partial charge in [0.25, 0.3) is 17.7 Å². The average molecular weight is 410 g/mol. The summed E-state index contributed by atoms with van der Waals surface area (Å²) >= 11 is 0. The van der Waals surface area contributed by atoms with Gasteiger partial charge in [0.1, 0.15) is 5.75 Å². The Bertz CT molecular complexity index is 937. The lowest BCUT2D eigenvalue weighted by Crippen LogP contribution is -2.31. The summed E-state index contributed by atoms with van der Waals surface area (Å²) in [6, 6.07) is 13.9. The van der Waals surface area contributed by atoms with Gasteiger partial charge < -0.3 is 14.8 Å². The van der Waals surface area contributed by atoms with Crippen LogP contribution in [0.5, 0.6) is 5.75 Å². The van der Waals surface area contributed by atoms with E-state index in [1.165, 1.54) is 0 Å². The van der Waals surface area contributed by atoms with Gasteiger partial charge in [-0.15, -0.1) is 0 Å². The average Bonchev–Trinajstić information content (AvgIpc) is 3.01. The topological polar surface area (TPSA) is 102 Å². The van der Waals surface area contributed by atoms with Crippen molar-refractivity contribution in [3.05, 3.63) is 65.2 Å². The summed E-state index contributed by atoms with van der Waals surface area (Å²) in [4.78, 5) is 49.3. The van der Waals surface area contributed by atoms with E-state index in [1.54, 1.807) is 43.5 Å². The van der Waals surface area contributed by atoms with Crippen LogP contribution >= 0.6 is 0 Å². The summed E-state index contributed by atoms with van der Waals surface area (Å²) in [5, 5.41) is 2.66. The number of esters is 1. The monoisotopic (exact) mass is 410 g/mol. The molecule has 1 heterocycles. The second-order valence-electron chi connectivity index (χ2n) is 6.70. The molecule has 0 atom stereocenters. The van der Waals surface area contributed by atoms with Crippen LogP contribution in [0.25, 0.3) is 0 Å². The molecule has 3 amide bonds. The van der Waals surface area contributed by atoms with Crippen molar-refractivity contribution >= 4 is 23.7 Å². The predicted octanol–water partition coefficient (Wildman–Crippen LogP) is 1.93. The van der Waals surface area contributed by atoms with Crippen molar-refractivity contribution in [3.63, 3.8) is 0 Å². The number of ether oxygens (including phenoxy) is 2. The maximum Gasteiger partial charge on any atom is 0.306 e. The highest BCUT2D eigenvalue weighted by Crippen LogP contribution is 2.22. The molecule has 30 heavy (non-hydrogen) atoms. The maximum absolute atomic E-state index is 12.3. The van der Waals surface area contributed by atoms with Gasteiger partial charge in [0.2, 0.25) is 0 Å². The van der Waals surface area contributed by atoms with Crippen LogP contribution in [0.1, 0.15) is 39.1 Å². The van der Waals surface area contributed by atoms with Gasteiger partial charge in [0.05, 0.1) is 18.2 Å². The first-order valence-corrected chi connectivity index (χ1v) is 9.50. The second kappa shape index (κ2) is 9.69. The number of methoxy groups -OCH3 is 1. The van der Waals surface area contributed by atoms with E-state index in [1.807, 2.05) is 12.1 Å². The number of rotatable bonds is 9. The van der Waals surface area contributed by atoms with Gasteiger partial charge in [-0.3, -0.25) is 24.1 Å². The van der Waals surface area contributed by atoms with E-state index >= 15 is 0 Å². The van der Waals surface area contributed by atoms with Crippen molar-refractivity contribution in [2.24, 2.45) is 0 Å². The highest BCUT2D eigenvalue weighted by Gasteiger charge is 2.34. The molecule has 2 aromatic rings. The van der Waals surface area contributed by atoms with Gasteiger partial charge in [0.15, 0.2) is 6.61 Å². The zero-order valence-electron chi connectivity index (χ0n) is 16.6. The summed E-state index contributed by atoms with van der Waals surface area (Å²) < 4.78 is 10.1. The molecule has 0 bridgehead atoms. The van der Waals surface area contributed by atoms with Crippen molar-refractivity contribution in [2.45, 2.75) is 19.4 Å². The number of imide groups is 1. The molecule has 8 nitrogen and oxygen atoms in total. The van der Waals surface area contributed by atoms with Gasteiger partial charge in [0, 0.05) is 19.5 Å². The molecule has 0 radical (unpaired) electrons. The fourth-order valence-electron chi connectivity index (χ4n) is 3.08. The third kappa shape index (κ3) is 5.02. The second-order valence-corrected chi connectivity index (χ2v) is 6.70. The smallest absolute Gasteiger partial charge is 0.306 e. The Kier molecular flexibility index (Phi) is 6.79. The Morgan fingerprint density at radius 3 is 2.37 bits per heavy atom. The molecule has 0 saturated heterocycles. The lowest BCUT2D eigenvalue weighted by atomic mass is 10.1. The number of fused-ring (bicyclic) bond motifs is 1. The van der Waals surface area contributed by atoms with Crippen LogP contribution in [-0.2, 0) is 20.9 Å². The zero-order valence-corrected chi connectivity index (χ0v) is 16.6. The van der Waals surface area contributed by atoms with Crippen LogP contribution in [0.3, 0.4) is 0 Å². The summed E-state index contributed by atoms with van der Waals surface area (Å²) in [6.45, 7) is 0.00658. The molecular formula is C22H22N2O6. The van der Waals surface area contributed by atoms with E-state index < -0.39 is 18.5 Å². The lowest BCUT2D eigenvalue weighted by Gasteiger charge is -2.13. The molecule has 2 aromatic carbocycles. The fraction of sp³-hybridized carbons (Fsp3) is 0.273. The molecular weight excluding hydrogens is 388 g/mol. The van der Waals surface area contributed by atoms with Crippen molar-refractivity contribution < 1.29 is 28.7 Å². The molecule has 1 aliphatic heterocycles. The van der Waals surface area contributed by atoms with E-state index in [9.17, 15) is 19.2 Å². The summed E-state index contributed by atoms with van der Waals surface area (Å²) in [5.74, 6) is -1.03. The van der Waals surface area contributed by atoms with Crippen molar-refractivity contribution in [1.29, 1.82) is 0 Å². The Labute approximate surface area is 173 Å². The van der Waals surface area contributed by atoms with Crippen molar-refractivity contribution in [3.8, 4) is 5.75 Å². The molecule has 0 saturated carbocycles. The van der Waals surface area contributed by atoms with Gasteiger partial charge in [-0.1, -0.05) is 24.3 Å². The van der Waals surface area contributed by atoms with Crippen LogP contribution < -0.4 is 10.1 Å². The summed E-state index contributed by atoms with van der Waals surface area (Å²) in [5.41, 5.74) is 1.60. The number of hydrogen-bond acceptors (Lipinski definition) is 6. The third-order valence-electron chi connectivity index (χ3n) is 4.63. The number of nitrogens with one attached hydrogen (secondary N) is 1. The molecule has 0 spiro atoms. The molecule has 3 rings (SSSR count). The quantitative estimate of drug-likeness (QED) is 0.501. The van der Waals surface area contributed by atoms with Gasteiger partial charge >= 0.3 is 5.97 Å². The summed E-state index contributed by atoms with van der Waals surface area (Å²) in [6.07, 6.45) is 0.256. The van der Waals surface area contributed by atoms with Crippen LogP contribution in [0.2, 0.25) is 0 Å². The highest BCUT2D eigenvalue weighted by atomic mass is 16.5. The number of carbonyl (C=O) groups excluding carboxylic acids is 4. The van der Waals surface area contributed by atoms with E-state index in [-0.39, 0.29) is 37.7 Å². The SMILES string of the molecule is COc1cccc(CNC(=O)COC(=O)CCCN2C(=O)c3ccccc3C2=O)c1. The first-order valence-electron chi connectivity index (χ1n) is 9.50. The van der Waals surface area contributed by atoms with Crippen molar-refractivity contribution in [2.75, 3.05) is 20.3 Å². The van der Waals surface area contributed by atoms with Gasteiger partial charge in [-0.2, -0.15) is 0 Å². The molecule has 0 unspecified atom stereocenters. The molecule has 156 valence electrons. The minimum atomic E-state index is -0.567. The molecule has 0 fully saturated rings. The minimum absolute atomic E-state index is 0.00340. The standard InChI is InChI=1S/C22H22N2O6/c1-29-16-7-4-6-15(12-16)13-23-19(25)14-30-20(26)10-5-11-24-21(27)17-8-2-3-9-18(17)22(24)28/h2-4,6-9,12H,5,10-11,13-14H2,1H3,(H,23,25). The maximum atomic E-state index is 12.3. The van der Waals surface area contributed by atoms with Gasteiger partial charge in [-0.25, -0.2) is 0 Å². The first kappa shape index (κ1) is 21.0. The number of amides is 3.